The topological polar surface area (TPSA) is 87.0 Å². The van der Waals surface area contributed by atoms with E-state index < -0.39 is 23.1 Å². The summed E-state index contributed by atoms with van der Waals surface area (Å²) in [5.74, 6) is -1.38. The summed E-state index contributed by atoms with van der Waals surface area (Å²) in [6.07, 6.45) is 7.91. The summed E-state index contributed by atoms with van der Waals surface area (Å²) in [6, 6.07) is 11.7. The summed E-state index contributed by atoms with van der Waals surface area (Å²) >= 11 is 0. The molecule has 3 atom stereocenters. The number of benzene rings is 2. The third kappa shape index (κ3) is 3.64. The molecule has 3 aliphatic carbocycles. The molecule has 0 heterocycles. The van der Waals surface area contributed by atoms with Crippen LogP contribution in [0, 0.1) is 5.92 Å². The fourth-order valence-corrected chi connectivity index (χ4v) is 5.30. The molecule has 5 nitrogen and oxygen atoms in total. The van der Waals surface area contributed by atoms with Gasteiger partial charge in [0.1, 0.15) is 17.0 Å². The Morgan fingerprint density at radius 3 is 2.32 bits per heavy atom. The quantitative estimate of drug-likeness (QED) is 0.408. The van der Waals surface area contributed by atoms with Crippen LogP contribution >= 0.6 is 0 Å². The first-order chi connectivity index (χ1) is 14.9. The van der Waals surface area contributed by atoms with Crippen molar-refractivity contribution in [3.05, 3.63) is 64.7 Å². The van der Waals surface area contributed by atoms with E-state index in [0.717, 1.165) is 19.3 Å². The van der Waals surface area contributed by atoms with E-state index in [1.165, 1.54) is 37.8 Å². The van der Waals surface area contributed by atoms with Crippen LogP contribution < -0.4 is 0 Å². The van der Waals surface area contributed by atoms with Crippen molar-refractivity contribution in [1.29, 1.82) is 0 Å². The summed E-state index contributed by atoms with van der Waals surface area (Å²) in [7, 11) is 0. The Balaban J connectivity index is 1.52. The maximum atomic E-state index is 13.1. The summed E-state index contributed by atoms with van der Waals surface area (Å²) < 4.78 is 5.57. The maximum absolute atomic E-state index is 13.1. The molecule has 3 N–H and O–H groups in total. The highest BCUT2D eigenvalue weighted by atomic mass is 16.5. The molecule has 3 unspecified atom stereocenters. The minimum atomic E-state index is -1.60. The molecule has 2 aromatic carbocycles. The monoisotopic (exact) mass is 424 g/mol. The predicted octanol–water partition coefficient (Wildman–Crippen LogP) is 4.49. The molecule has 0 spiro atoms. The van der Waals surface area contributed by atoms with Gasteiger partial charge >= 0.3 is 5.97 Å². The van der Waals surface area contributed by atoms with Gasteiger partial charge in [-0.3, -0.25) is 4.79 Å². The first-order valence-corrected chi connectivity index (χ1v) is 11.5. The summed E-state index contributed by atoms with van der Waals surface area (Å²) in [5.41, 5.74) is -1.05. The van der Waals surface area contributed by atoms with Crippen molar-refractivity contribution in [2.24, 2.45) is 5.92 Å². The van der Waals surface area contributed by atoms with E-state index >= 15 is 0 Å². The lowest BCUT2D eigenvalue weighted by molar-refractivity contribution is -0.167. The summed E-state index contributed by atoms with van der Waals surface area (Å²) in [6.45, 7) is 2.52. The van der Waals surface area contributed by atoms with Gasteiger partial charge in [0.2, 0.25) is 0 Å². The number of esters is 1. The number of carbonyl (C=O) groups excluding carboxylic acids is 1. The molecule has 0 aromatic heterocycles. The second kappa shape index (κ2) is 8.64. The molecular formula is C26H32O5. The van der Waals surface area contributed by atoms with Gasteiger partial charge in [-0.15, -0.1) is 0 Å². The molecule has 0 saturated heterocycles. The van der Waals surface area contributed by atoms with E-state index in [4.69, 9.17) is 4.74 Å². The number of fused-ring (bicyclic) bond motifs is 1. The van der Waals surface area contributed by atoms with Crippen LogP contribution in [0.4, 0.5) is 0 Å². The third-order valence-corrected chi connectivity index (χ3v) is 6.92. The highest BCUT2D eigenvalue weighted by Crippen LogP contribution is 2.60. The molecule has 3 aliphatic rings. The van der Waals surface area contributed by atoms with E-state index in [1.54, 1.807) is 30.3 Å². The normalized spacial score (nSPS) is 25.7. The molecule has 2 bridgehead atoms. The van der Waals surface area contributed by atoms with Crippen molar-refractivity contribution in [3.63, 3.8) is 0 Å². The van der Waals surface area contributed by atoms with Crippen LogP contribution in [-0.4, -0.2) is 27.9 Å². The minimum Gasteiger partial charge on any atom is -0.508 e. The highest BCUT2D eigenvalue weighted by Gasteiger charge is 2.62. The smallest absolute Gasteiger partial charge is 0.312 e. The van der Waals surface area contributed by atoms with E-state index in [9.17, 15) is 20.1 Å². The SMILES string of the molecule is CCCCCCCCCOC(=O)C1CC2(O)c3ccccc3C1(O)c1ccc(O)cc12. The molecule has 0 fully saturated rings. The second-order valence-electron chi connectivity index (χ2n) is 8.95. The first kappa shape index (κ1) is 21.8. The van der Waals surface area contributed by atoms with Crippen LogP contribution in [0.2, 0.25) is 0 Å². The van der Waals surface area contributed by atoms with Gasteiger partial charge in [0, 0.05) is 6.42 Å². The predicted molar refractivity (Wildman–Crippen MR) is 118 cm³/mol. The molecule has 5 rings (SSSR count). The number of aliphatic hydroxyl groups is 2. The molecule has 2 aromatic rings. The Morgan fingerprint density at radius 1 is 0.935 bits per heavy atom. The highest BCUT2D eigenvalue weighted by molar-refractivity contribution is 5.79. The van der Waals surface area contributed by atoms with E-state index in [1.807, 2.05) is 0 Å². The average Bonchev–Trinajstić information content (AvgIpc) is 2.77. The van der Waals surface area contributed by atoms with Crippen molar-refractivity contribution >= 4 is 5.97 Å². The Bertz CT molecular complexity index is 955. The number of aromatic hydroxyl groups is 1. The zero-order valence-electron chi connectivity index (χ0n) is 18.1. The van der Waals surface area contributed by atoms with E-state index in [0.29, 0.717) is 28.9 Å². The Labute approximate surface area is 183 Å². The summed E-state index contributed by atoms with van der Waals surface area (Å²) in [4.78, 5) is 13.1. The van der Waals surface area contributed by atoms with Crippen LogP contribution in [0.3, 0.4) is 0 Å². The second-order valence-corrected chi connectivity index (χ2v) is 8.95. The average molecular weight is 425 g/mol. The standard InChI is InChI=1S/C26H32O5/c1-2-3-4-5-6-7-10-15-31-24(28)23-17-25(29)19-11-8-9-12-20(19)26(23,30)21-14-13-18(27)16-22(21)25/h8-9,11-14,16,23,27,29-30H,2-7,10,15,17H2,1H3. The van der Waals surface area contributed by atoms with Crippen LogP contribution in [0.1, 0.15) is 80.5 Å². The molecular weight excluding hydrogens is 392 g/mol. The molecule has 5 heteroatoms. The Morgan fingerprint density at radius 2 is 1.58 bits per heavy atom. The number of unbranched alkanes of at least 4 members (excludes halogenated alkanes) is 6. The van der Waals surface area contributed by atoms with Gasteiger partial charge in [-0.05, 0) is 40.8 Å². The van der Waals surface area contributed by atoms with Crippen molar-refractivity contribution in [2.45, 2.75) is 69.5 Å². The third-order valence-electron chi connectivity index (χ3n) is 6.92. The number of ether oxygens (including phenoxy) is 1. The number of hydrogen-bond acceptors (Lipinski definition) is 5. The van der Waals surface area contributed by atoms with E-state index in [-0.39, 0.29) is 12.2 Å². The van der Waals surface area contributed by atoms with E-state index in [2.05, 4.69) is 6.92 Å². The fourth-order valence-electron chi connectivity index (χ4n) is 5.30. The Hall–Kier alpha value is -2.37. The van der Waals surface area contributed by atoms with Crippen molar-refractivity contribution in [2.75, 3.05) is 6.61 Å². The lowest BCUT2D eigenvalue weighted by Crippen LogP contribution is -2.57. The zero-order chi connectivity index (χ0) is 22.1. The molecule has 0 aliphatic heterocycles. The zero-order valence-corrected chi connectivity index (χ0v) is 18.1. The largest absolute Gasteiger partial charge is 0.508 e. The maximum Gasteiger partial charge on any atom is 0.312 e. The minimum absolute atomic E-state index is 0.0128. The number of phenols is 1. The number of carbonyl (C=O) groups is 1. The van der Waals surface area contributed by atoms with Gasteiger partial charge in [0.15, 0.2) is 0 Å². The molecule has 166 valence electrons. The van der Waals surface area contributed by atoms with Crippen molar-refractivity contribution < 1.29 is 24.9 Å². The lowest BCUT2D eigenvalue weighted by atomic mass is 9.54. The Kier molecular flexibility index (Phi) is 6.09. The van der Waals surface area contributed by atoms with Crippen LogP contribution in [-0.2, 0) is 20.7 Å². The number of phenolic OH excluding ortho intramolecular Hbond substituents is 1. The lowest BCUT2D eigenvalue weighted by Gasteiger charge is -2.53. The molecule has 0 radical (unpaired) electrons. The van der Waals surface area contributed by atoms with Crippen molar-refractivity contribution in [3.8, 4) is 5.75 Å². The van der Waals surface area contributed by atoms with Crippen LogP contribution in [0.15, 0.2) is 42.5 Å². The molecule has 31 heavy (non-hydrogen) atoms. The fraction of sp³-hybridized carbons (Fsp3) is 0.500. The molecule has 0 saturated carbocycles. The summed E-state index contributed by atoms with van der Waals surface area (Å²) in [5, 5.41) is 33.5. The number of hydrogen-bond donors (Lipinski definition) is 3. The van der Waals surface area contributed by atoms with Crippen LogP contribution in [0.25, 0.3) is 0 Å². The first-order valence-electron chi connectivity index (χ1n) is 11.5. The van der Waals surface area contributed by atoms with Gasteiger partial charge in [0.25, 0.3) is 0 Å². The van der Waals surface area contributed by atoms with Gasteiger partial charge in [-0.1, -0.05) is 75.8 Å². The van der Waals surface area contributed by atoms with Crippen LogP contribution in [0.5, 0.6) is 5.75 Å². The molecule has 0 amide bonds. The van der Waals surface area contributed by atoms with Gasteiger partial charge in [-0.25, -0.2) is 0 Å². The van der Waals surface area contributed by atoms with Gasteiger partial charge in [-0.2, -0.15) is 0 Å². The van der Waals surface area contributed by atoms with Gasteiger partial charge in [0.05, 0.1) is 12.5 Å². The van der Waals surface area contributed by atoms with Gasteiger partial charge < -0.3 is 20.1 Å². The van der Waals surface area contributed by atoms with Crippen molar-refractivity contribution in [1.82, 2.24) is 0 Å². The number of rotatable bonds is 9.